The van der Waals surface area contributed by atoms with Gasteiger partial charge in [-0.25, -0.2) is 0 Å². The van der Waals surface area contributed by atoms with Crippen LogP contribution in [-0.4, -0.2) is 10.2 Å². The highest BCUT2D eigenvalue weighted by Crippen LogP contribution is 2.22. The first-order valence-corrected chi connectivity index (χ1v) is 6.83. The van der Waals surface area contributed by atoms with Crippen molar-refractivity contribution in [2.45, 2.75) is 0 Å². The second kappa shape index (κ2) is 5.98. The van der Waals surface area contributed by atoms with Crippen LogP contribution in [-0.2, 0) is 0 Å². The van der Waals surface area contributed by atoms with E-state index in [0.717, 1.165) is 22.5 Å². The van der Waals surface area contributed by atoms with Gasteiger partial charge in [0.15, 0.2) is 5.82 Å². The standard InChI is InChI=1S/C18H14N4/c1-13(15-5-3-2-4-6-15)20-18-11-17(21-22-18)16-9-7-14(12-19)8-10-16/h2-11H,1H2,(H2,20,21,22). The van der Waals surface area contributed by atoms with E-state index in [-0.39, 0.29) is 0 Å². The van der Waals surface area contributed by atoms with Gasteiger partial charge in [0.25, 0.3) is 0 Å². The lowest BCUT2D eigenvalue weighted by Crippen LogP contribution is -1.97. The molecule has 0 aliphatic carbocycles. The van der Waals surface area contributed by atoms with Crippen LogP contribution in [0.3, 0.4) is 0 Å². The third kappa shape index (κ3) is 2.89. The summed E-state index contributed by atoms with van der Waals surface area (Å²) in [6.45, 7) is 4.02. The molecule has 0 bridgehead atoms. The average molecular weight is 286 g/mol. The molecule has 2 N–H and O–H groups in total. The van der Waals surface area contributed by atoms with Crippen LogP contribution in [0.5, 0.6) is 0 Å². The molecule has 0 fully saturated rings. The Kier molecular flexibility index (Phi) is 3.71. The second-order valence-corrected chi connectivity index (χ2v) is 4.83. The zero-order chi connectivity index (χ0) is 15.4. The summed E-state index contributed by atoms with van der Waals surface area (Å²) in [7, 11) is 0. The molecule has 0 amide bonds. The van der Waals surface area contributed by atoms with Crippen LogP contribution in [0.2, 0.25) is 0 Å². The Morgan fingerprint density at radius 1 is 1.09 bits per heavy atom. The quantitative estimate of drug-likeness (QED) is 0.761. The molecule has 0 spiro atoms. The fourth-order valence-corrected chi connectivity index (χ4v) is 2.12. The summed E-state index contributed by atoms with van der Waals surface area (Å²) in [6.07, 6.45) is 0. The van der Waals surface area contributed by atoms with Gasteiger partial charge in [0.2, 0.25) is 0 Å². The molecule has 0 radical (unpaired) electrons. The maximum atomic E-state index is 8.82. The van der Waals surface area contributed by atoms with Gasteiger partial charge < -0.3 is 5.32 Å². The van der Waals surface area contributed by atoms with E-state index < -0.39 is 0 Å². The number of hydrogen-bond acceptors (Lipinski definition) is 3. The number of nitrogens with one attached hydrogen (secondary N) is 2. The third-order valence-electron chi connectivity index (χ3n) is 3.30. The number of nitrogens with zero attached hydrogens (tertiary/aromatic N) is 2. The highest BCUT2D eigenvalue weighted by atomic mass is 15.2. The lowest BCUT2D eigenvalue weighted by Gasteiger charge is -2.06. The van der Waals surface area contributed by atoms with Crippen LogP contribution in [0.1, 0.15) is 11.1 Å². The maximum Gasteiger partial charge on any atom is 0.152 e. The van der Waals surface area contributed by atoms with Crippen molar-refractivity contribution < 1.29 is 0 Å². The van der Waals surface area contributed by atoms with Crippen molar-refractivity contribution in [3.05, 3.63) is 78.4 Å². The van der Waals surface area contributed by atoms with Crippen molar-refractivity contribution in [3.8, 4) is 17.3 Å². The largest absolute Gasteiger partial charge is 0.339 e. The summed E-state index contributed by atoms with van der Waals surface area (Å²) >= 11 is 0. The van der Waals surface area contributed by atoms with Crippen molar-refractivity contribution in [2.75, 3.05) is 5.32 Å². The number of H-pyrrole nitrogens is 1. The van der Waals surface area contributed by atoms with E-state index in [1.165, 1.54) is 0 Å². The topological polar surface area (TPSA) is 64.5 Å². The van der Waals surface area contributed by atoms with E-state index in [1.54, 1.807) is 12.1 Å². The van der Waals surface area contributed by atoms with Gasteiger partial charge in [0, 0.05) is 11.8 Å². The van der Waals surface area contributed by atoms with Crippen LogP contribution in [0, 0.1) is 11.3 Å². The minimum absolute atomic E-state index is 0.638. The Labute approximate surface area is 128 Å². The lowest BCUT2D eigenvalue weighted by molar-refractivity contribution is 1.10. The first-order chi connectivity index (χ1) is 10.8. The van der Waals surface area contributed by atoms with Crippen LogP contribution in [0.15, 0.2) is 67.2 Å². The van der Waals surface area contributed by atoms with Gasteiger partial charge in [-0.15, -0.1) is 0 Å². The predicted octanol–water partition coefficient (Wildman–Crippen LogP) is 4.03. The van der Waals surface area contributed by atoms with E-state index in [0.29, 0.717) is 11.4 Å². The summed E-state index contributed by atoms with van der Waals surface area (Å²) < 4.78 is 0. The average Bonchev–Trinajstić information content (AvgIpc) is 3.04. The molecule has 3 rings (SSSR count). The molecule has 1 heterocycles. The van der Waals surface area contributed by atoms with Gasteiger partial charge in [-0.1, -0.05) is 49.0 Å². The molecule has 0 atom stereocenters. The zero-order valence-corrected chi connectivity index (χ0v) is 11.9. The van der Waals surface area contributed by atoms with Gasteiger partial charge in [-0.05, 0) is 23.3 Å². The third-order valence-corrected chi connectivity index (χ3v) is 3.30. The molecule has 4 nitrogen and oxygen atoms in total. The van der Waals surface area contributed by atoms with Crippen LogP contribution < -0.4 is 5.32 Å². The van der Waals surface area contributed by atoms with Crippen molar-refractivity contribution in [3.63, 3.8) is 0 Å². The molecule has 1 aromatic heterocycles. The van der Waals surface area contributed by atoms with Gasteiger partial charge in [0.05, 0.1) is 17.3 Å². The fourth-order valence-electron chi connectivity index (χ4n) is 2.12. The highest BCUT2D eigenvalue weighted by Gasteiger charge is 2.05. The second-order valence-electron chi connectivity index (χ2n) is 4.83. The van der Waals surface area contributed by atoms with Crippen molar-refractivity contribution in [1.82, 2.24) is 10.2 Å². The van der Waals surface area contributed by atoms with E-state index in [9.17, 15) is 0 Å². The minimum atomic E-state index is 0.638. The molecule has 22 heavy (non-hydrogen) atoms. The fraction of sp³-hybridized carbons (Fsp3) is 0. The Morgan fingerprint density at radius 2 is 1.82 bits per heavy atom. The van der Waals surface area contributed by atoms with Crippen molar-refractivity contribution in [1.29, 1.82) is 5.26 Å². The Bertz CT molecular complexity index is 824. The summed E-state index contributed by atoms with van der Waals surface area (Å²) in [4.78, 5) is 0. The van der Waals surface area contributed by atoms with Gasteiger partial charge in [-0.2, -0.15) is 10.4 Å². The SMILES string of the molecule is C=C(Nc1cc(-c2ccc(C#N)cc2)[nH]n1)c1ccccc1. The summed E-state index contributed by atoms with van der Waals surface area (Å²) in [5.41, 5.74) is 4.31. The van der Waals surface area contributed by atoms with Crippen molar-refractivity contribution >= 4 is 11.5 Å². The molecule has 2 aromatic carbocycles. The Hall–Kier alpha value is -3.32. The normalized spacial score (nSPS) is 9.95. The molecular weight excluding hydrogens is 272 g/mol. The summed E-state index contributed by atoms with van der Waals surface area (Å²) in [5.74, 6) is 0.702. The van der Waals surface area contributed by atoms with Gasteiger partial charge in [0.1, 0.15) is 0 Å². The Morgan fingerprint density at radius 3 is 2.50 bits per heavy atom. The van der Waals surface area contributed by atoms with E-state index in [2.05, 4.69) is 28.2 Å². The number of hydrogen-bond donors (Lipinski definition) is 2. The summed E-state index contributed by atoms with van der Waals surface area (Å²) in [5, 5.41) is 19.2. The maximum absolute atomic E-state index is 8.82. The zero-order valence-electron chi connectivity index (χ0n) is 11.9. The number of aromatic nitrogens is 2. The minimum Gasteiger partial charge on any atom is -0.339 e. The van der Waals surface area contributed by atoms with Gasteiger partial charge >= 0.3 is 0 Å². The first-order valence-electron chi connectivity index (χ1n) is 6.83. The molecule has 0 saturated heterocycles. The van der Waals surface area contributed by atoms with Gasteiger partial charge in [-0.3, -0.25) is 5.10 Å². The molecule has 0 saturated carbocycles. The number of aromatic amines is 1. The summed E-state index contributed by atoms with van der Waals surface area (Å²) in [6, 6.07) is 21.2. The molecule has 0 unspecified atom stereocenters. The molecule has 3 aromatic rings. The van der Waals surface area contributed by atoms with Crippen LogP contribution in [0.25, 0.3) is 17.0 Å². The van der Waals surface area contributed by atoms with E-state index in [1.807, 2.05) is 48.5 Å². The van der Waals surface area contributed by atoms with Crippen LogP contribution in [0.4, 0.5) is 5.82 Å². The smallest absolute Gasteiger partial charge is 0.152 e. The Balaban J connectivity index is 1.76. The number of anilines is 1. The highest BCUT2D eigenvalue weighted by molar-refractivity contribution is 5.75. The molecule has 106 valence electrons. The predicted molar refractivity (Wildman–Crippen MR) is 87.8 cm³/mol. The number of nitriles is 1. The molecule has 0 aliphatic rings. The molecule has 4 heteroatoms. The molecule has 0 aliphatic heterocycles. The lowest BCUT2D eigenvalue weighted by atomic mass is 10.1. The van der Waals surface area contributed by atoms with E-state index >= 15 is 0 Å². The first kappa shape index (κ1) is 13.7. The van der Waals surface area contributed by atoms with E-state index in [4.69, 9.17) is 5.26 Å². The van der Waals surface area contributed by atoms with Crippen LogP contribution >= 0.6 is 0 Å². The number of rotatable bonds is 4. The molecular formula is C18H14N4. The number of benzene rings is 2. The van der Waals surface area contributed by atoms with Crippen molar-refractivity contribution in [2.24, 2.45) is 0 Å². The monoisotopic (exact) mass is 286 g/mol.